The van der Waals surface area contributed by atoms with Gasteiger partial charge in [0.1, 0.15) is 5.69 Å². The number of hydrogen-bond acceptors (Lipinski definition) is 1. The van der Waals surface area contributed by atoms with Crippen molar-refractivity contribution < 1.29 is 0 Å². The highest BCUT2D eigenvalue weighted by Crippen LogP contribution is 2.65. The Morgan fingerprint density at radius 1 is 0.680 bits per heavy atom. The van der Waals surface area contributed by atoms with Gasteiger partial charge in [-0.25, -0.2) is 18.8 Å². The minimum atomic E-state index is -1.96. The molecule has 0 spiro atoms. The average molecular weight is 401 g/mol. The molecule has 3 aliphatic heterocycles. The molecule has 7 heteroatoms. The fourth-order valence-corrected chi connectivity index (χ4v) is 9.35. The van der Waals surface area contributed by atoms with Gasteiger partial charge in [-0.05, 0) is 50.7 Å². The molecule has 0 aromatic heterocycles. The van der Waals surface area contributed by atoms with Gasteiger partial charge in [0, 0.05) is 39.3 Å². The molecule has 3 aliphatic rings. The molecule has 138 valence electrons. The second-order valence-corrected chi connectivity index (χ2v) is 11.0. The lowest BCUT2D eigenvalue weighted by Crippen LogP contribution is -2.38. The first-order chi connectivity index (χ1) is 12.2. The van der Waals surface area contributed by atoms with Crippen LogP contribution >= 0.6 is 30.7 Å². The van der Waals surface area contributed by atoms with Crippen molar-refractivity contribution >= 4 is 36.4 Å². The Bertz CT molecular complexity index is 595. The average Bonchev–Trinajstić information content (AvgIpc) is 3.37. The van der Waals surface area contributed by atoms with Crippen LogP contribution in [0.2, 0.25) is 10.0 Å². The molecular formula is C18H27Cl2N4P. The van der Waals surface area contributed by atoms with Crippen molar-refractivity contribution in [3.63, 3.8) is 0 Å². The maximum absolute atomic E-state index is 6.54. The van der Waals surface area contributed by atoms with Crippen LogP contribution in [0.15, 0.2) is 22.9 Å². The maximum atomic E-state index is 6.54. The standard InChI is InChI=1S/C18H27Cl2N4P/c19-16-8-7-9-17(20)18(16)21-25(22-10-1-2-11-22,23-12-3-4-13-23)24-14-5-6-15-24/h7-9H,1-6,10-15H2. The monoisotopic (exact) mass is 400 g/mol. The number of nitrogens with zero attached hydrogens (tertiary/aromatic N) is 4. The minimum absolute atomic E-state index is 0.675. The van der Waals surface area contributed by atoms with E-state index in [9.17, 15) is 0 Å². The molecule has 0 unspecified atom stereocenters. The van der Waals surface area contributed by atoms with Gasteiger partial charge in [0.2, 0.25) is 0 Å². The van der Waals surface area contributed by atoms with Crippen LogP contribution in [0.25, 0.3) is 0 Å². The highest BCUT2D eigenvalue weighted by Gasteiger charge is 2.43. The first-order valence-corrected chi connectivity index (χ1v) is 11.9. The Labute approximate surface area is 161 Å². The van der Waals surface area contributed by atoms with Crippen molar-refractivity contribution in [3.05, 3.63) is 28.2 Å². The lowest BCUT2D eigenvalue weighted by atomic mass is 10.3. The SMILES string of the molecule is Clc1cccc(Cl)c1N=P(N1CCCC1)(N1CCCC1)N1CCCC1. The Morgan fingerprint density at radius 3 is 1.40 bits per heavy atom. The quantitative estimate of drug-likeness (QED) is 0.590. The number of rotatable bonds is 4. The molecule has 0 saturated carbocycles. The summed E-state index contributed by atoms with van der Waals surface area (Å²) in [5.74, 6) is 0. The summed E-state index contributed by atoms with van der Waals surface area (Å²) in [7, 11) is -1.96. The van der Waals surface area contributed by atoms with E-state index >= 15 is 0 Å². The van der Waals surface area contributed by atoms with Crippen molar-refractivity contribution in [3.8, 4) is 0 Å². The summed E-state index contributed by atoms with van der Waals surface area (Å²) in [4.78, 5) is 0. The van der Waals surface area contributed by atoms with E-state index < -0.39 is 7.51 Å². The van der Waals surface area contributed by atoms with Crippen LogP contribution in [0.5, 0.6) is 0 Å². The zero-order valence-corrected chi connectivity index (χ0v) is 17.1. The van der Waals surface area contributed by atoms with Crippen LogP contribution in [-0.4, -0.2) is 53.3 Å². The summed E-state index contributed by atoms with van der Waals surface area (Å²) in [5.41, 5.74) is 0.796. The topological polar surface area (TPSA) is 22.1 Å². The van der Waals surface area contributed by atoms with E-state index in [1.54, 1.807) is 0 Å². The van der Waals surface area contributed by atoms with Crippen LogP contribution in [0, 0.1) is 0 Å². The van der Waals surface area contributed by atoms with Crippen LogP contribution in [0.3, 0.4) is 0 Å². The highest BCUT2D eigenvalue weighted by molar-refractivity contribution is 7.59. The molecule has 3 saturated heterocycles. The summed E-state index contributed by atoms with van der Waals surface area (Å²) in [6.07, 6.45) is 7.64. The van der Waals surface area contributed by atoms with Gasteiger partial charge < -0.3 is 0 Å². The number of benzene rings is 1. The van der Waals surface area contributed by atoms with Crippen LogP contribution < -0.4 is 0 Å². The summed E-state index contributed by atoms with van der Waals surface area (Å²) in [5, 5.41) is 1.35. The van der Waals surface area contributed by atoms with Gasteiger partial charge in [0.15, 0.2) is 7.51 Å². The first-order valence-electron chi connectivity index (χ1n) is 9.54. The highest BCUT2D eigenvalue weighted by atomic mass is 35.5. The van der Waals surface area contributed by atoms with E-state index in [1.165, 1.54) is 38.5 Å². The molecule has 3 fully saturated rings. The predicted octanol–water partition coefficient (Wildman–Crippen LogP) is 5.86. The van der Waals surface area contributed by atoms with Gasteiger partial charge in [-0.3, -0.25) is 0 Å². The summed E-state index contributed by atoms with van der Waals surface area (Å²) in [6.45, 7) is 6.87. The lowest BCUT2D eigenvalue weighted by molar-refractivity contribution is 0.384. The van der Waals surface area contributed by atoms with Gasteiger partial charge in [-0.2, -0.15) is 0 Å². The van der Waals surface area contributed by atoms with Crippen molar-refractivity contribution in [2.24, 2.45) is 4.74 Å². The van der Waals surface area contributed by atoms with Crippen LogP contribution in [0.1, 0.15) is 38.5 Å². The second kappa shape index (κ2) is 7.88. The van der Waals surface area contributed by atoms with Crippen LogP contribution in [0.4, 0.5) is 5.69 Å². The Balaban J connectivity index is 1.90. The fourth-order valence-electron chi connectivity index (χ4n) is 4.35. The molecule has 1 aromatic carbocycles. The largest absolute Gasteiger partial charge is 0.246 e. The molecule has 0 radical (unpaired) electrons. The third kappa shape index (κ3) is 3.42. The van der Waals surface area contributed by atoms with Gasteiger partial charge in [0.25, 0.3) is 0 Å². The zero-order chi connectivity index (χ0) is 17.3. The Kier molecular flexibility index (Phi) is 5.76. The molecule has 3 heterocycles. The van der Waals surface area contributed by atoms with Crippen molar-refractivity contribution in [2.75, 3.05) is 39.3 Å². The molecule has 4 nitrogen and oxygen atoms in total. The molecule has 1 aromatic rings. The van der Waals surface area contributed by atoms with E-state index in [0.717, 1.165) is 45.0 Å². The van der Waals surface area contributed by atoms with Gasteiger partial charge in [-0.1, -0.05) is 29.3 Å². The van der Waals surface area contributed by atoms with E-state index in [1.807, 2.05) is 18.2 Å². The van der Waals surface area contributed by atoms with E-state index in [-0.39, 0.29) is 0 Å². The normalized spacial score (nSPS) is 23.6. The third-order valence-corrected chi connectivity index (χ3v) is 10.1. The van der Waals surface area contributed by atoms with E-state index in [4.69, 9.17) is 27.9 Å². The molecule has 0 atom stereocenters. The third-order valence-electron chi connectivity index (χ3n) is 5.56. The second-order valence-electron chi connectivity index (χ2n) is 7.19. The lowest BCUT2D eigenvalue weighted by Gasteiger charge is -2.45. The van der Waals surface area contributed by atoms with E-state index in [2.05, 4.69) is 14.0 Å². The molecule has 0 bridgehead atoms. The Morgan fingerprint density at radius 2 is 1.04 bits per heavy atom. The number of halogens is 2. The van der Waals surface area contributed by atoms with Crippen LogP contribution in [-0.2, 0) is 0 Å². The molecule has 0 N–H and O–H groups in total. The molecule has 4 rings (SSSR count). The predicted molar refractivity (Wildman–Crippen MR) is 108 cm³/mol. The van der Waals surface area contributed by atoms with Crippen molar-refractivity contribution in [1.29, 1.82) is 0 Å². The summed E-state index contributed by atoms with van der Waals surface area (Å²) in [6, 6.07) is 5.74. The first kappa shape index (κ1) is 18.3. The van der Waals surface area contributed by atoms with Gasteiger partial charge in [0.05, 0.1) is 10.0 Å². The molecule has 0 amide bonds. The minimum Gasteiger partial charge on any atom is -0.246 e. The Hall–Kier alpha value is -0.0900. The molecular weight excluding hydrogens is 374 g/mol. The number of hydrogen-bond donors (Lipinski definition) is 0. The smallest absolute Gasteiger partial charge is 0.173 e. The zero-order valence-electron chi connectivity index (χ0n) is 14.7. The molecule has 0 aliphatic carbocycles. The molecule has 25 heavy (non-hydrogen) atoms. The van der Waals surface area contributed by atoms with E-state index in [0.29, 0.717) is 10.0 Å². The fraction of sp³-hybridized carbons (Fsp3) is 0.667. The van der Waals surface area contributed by atoms with Gasteiger partial charge >= 0.3 is 0 Å². The maximum Gasteiger partial charge on any atom is 0.173 e. The van der Waals surface area contributed by atoms with Crippen molar-refractivity contribution in [1.82, 2.24) is 14.0 Å². The van der Waals surface area contributed by atoms with Gasteiger partial charge in [-0.15, -0.1) is 0 Å². The summed E-state index contributed by atoms with van der Waals surface area (Å²) < 4.78 is 13.5. The van der Waals surface area contributed by atoms with Crippen molar-refractivity contribution in [2.45, 2.75) is 38.5 Å². The summed E-state index contributed by atoms with van der Waals surface area (Å²) >= 11 is 13.1.